The largest absolute Gasteiger partial charge is 0.494 e. The molecule has 2 aromatic rings. The molecule has 106 valence electrons. The summed E-state index contributed by atoms with van der Waals surface area (Å²) < 4.78 is 31.6. The van der Waals surface area contributed by atoms with E-state index in [-0.39, 0.29) is 23.3 Å². The Bertz CT molecular complexity index is 617. The molecule has 0 aliphatic heterocycles. The van der Waals surface area contributed by atoms with Crippen molar-refractivity contribution in [3.63, 3.8) is 0 Å². The van der Waals surface area contributed by atoms with Gasteiger partial charge in [-0.2, -0.15) is 0 Å². The van der Waals surface area contributed by atoms with Gasteiger partial charge in [0.25, 0.3) is 0 Å². The zero-order chi connectivity index (χ0) is 14.7. The Morgan fingerprint density at radius 3 is 2.60 bits per heavy atom. The zero-order valence-corrected chi connectivity index (χ0v) is 11.3. The fraction of sp³-hybridized carbons (Fsp3) is 0.200. The minimum absolute atomic E-state index is 0.105. The van der Waals surface area contributed by atoms with E-state index in [1.54, 1.807) is 12.1 Å². The van der Waals surface area contributed by atoms with Crippen molar-refractivity contribution in [1.29, 1.82) is 0 Å². The van der Waals surface area contributed by atoms with Gasteiger partial charge in [0, 0.05) is 18.2 Å². The molecular weight excluding hydrogens is 262 g/mol. The highest BCUT2D eigenvalue weighted by molar-refractivity contribution is 5.69. The van der Waals surface area contributed by atoms with Crippen LogP contribution in [-0.2, 0) is 0 Å². The Hall–Kier alpha value is -2.30. The second-order valence-corrected chi connectivity index (χ2v) is 4.50. The van der Waals surface area contributed by atoms with Crippen LogP contribution in [0, 0.1) is 11.6 Å². The van der Waals surface area contributed by atoms with E-state index in [4.69, 9.17) is 10.5 Å². The summed E-state index contributed by atoms with van der Waals surface area (Å²) in [5.74, 6) is -0.720. The predicted octanol–water partition coefficient (Wildman–Crippen LogP) is 3.73. The molecule has 0 bridgehead atoms. The third-order valence-corrected chi connectivity index (χ3v) is 3.04. The third kappa shape index (κ3) is 2.99. The molecule has 0 amide bonds. The maximum absolute atomic E-state index is 13.5. The maximum atomic E-state index is 13.5. The van der Waals surface area contributed by atoms with Crippen LogP contribution in [0.1, 0.15) is 18.5 Å². The molecule has 0 heterocycles. The molecule has 3 N–H and O–H groups in total. The number of halogens is 2. The summed E-state index contributed by atoms with van der Waals surface area (Å²) in [6, 6.07) is 8.76. The monoisotopic (exact) mass is 278 g/mol. The van der Waals surface area contributed by atoms with Crippen LogP contribution in [-0.4, -0.2) is 7.11 Å². The van der Waals surface area contributed by atoms with Crippen molar-refractivity contribution in [1.82, 2.24) is 0 Å². The van der Waals surface area contributed by atoms with E-state index in [1.165, 1.54) is 31.4 Å². The first-order chi connectivity index (χ1) is 9.51. The van der Waals surface area contributed by atoms with E-state index in [1.807, 2.05) is 6.92 Å². The van der Waals surface area contributed by atoms with E-state index < -0.39 is 5.82 Å². The van der Waals surface area contributed by atoms with Crippen LogP contribution in [0.15, 0.2) is 36.4 Å². The molecule has 2 aromatic carbocycles. The fourth-order valence-corrected chi connectivity index (χ4v) is 1.94. The number of rotatable bonds is 4. The van der Waals surface area contributed by atoms with Gasteiger partial charge in [-0.1, -0.05) is 12.1 Å². The lowest BCUT2D eigenvalue weighted by Gasteiger charge is -2.18. The van der Waals surface area contributed by atoms with Crippen LogP contribution in [0.2, 0.25) is 0 Å². The van der Waals surface area contributed by atoms with Gasteiger partial charge in [-0.3, -0.25) is 0 Å². The first-order valence-electron chi connectivity index (χ1n) is 6.16. The van der Waals surface area contributed by atoms with Crippen LogP contribution in [0.25, 0.3) is 0 Å². The van der Waals surface area contributed by atoms with Crippen LogP contribution in [0.5, 0.6) is 5.75 Å². The van der Waals surface area contributed by atoms with Crippen molar-refractivity contribution in [2.24, 2.45) is 0 Å². The number of nitrogens with two attached hydrogens (primary N) is 1. The summed E-state index contributed by atoms with van der Waals surface area (Å²) in [5.41, 5.74) is 7.35. The molecule has 0 saturated carbocycles. The molecule has 1 atom stereocenters. The van der Waals surface area contributed by atoms with E-state index in [0.29, 0.717) is 5.69 Å². The number of hydrogen-bond donors (Lipinski definition) is 2. The van der Waals surface area contributed by atoms with Crippen LogP contribution in [0.4, 0.5) is 20.2 Å². The van der Waals surface area contributed by atoms with Crippen LogP contribution in [0.3, 0.4) is 0 Å². The summed E-state index contributed by atoms with van der Waals surface area (Å²) in [5, 5.41) is 3.12. The number of nitrogens with one attached hydrogen (secondary N) is 1. The predicted molar refractivity (Wildman–Crippen MR) is 75.8 cm³/mol. The van der Waals surface area contributed by atoms with E-state index in [2.05, 4.69) is 5.32 Å². The summed E-state index contributed by atoms with van der Waals surface area (Å²) in [6.07, 6.45) is 0. The molecule has 2 rings (SSSR count). The lowest BCUT2D eigenvalue weighted by molar-refractivity contribution is 0.387. The summed E-state index contributed by atoms with van der Waals surface area (Å²) in [4.78, 5) is 0. The molecule has 0 aliphatic rings. The molecular formula is C15H16F2N2O. The molecule has 0 aliphatic carbocycles. The topological polar surface area (TPSA) is 47.3 Å². The van der Waals surface area contributed by atoms with Gasteiger partial charge >= 0.3 is 0 Å². The first kappa shape index (κ1) is 14.1. The standard InChI is InChI=1S/C15H16F2N2O/c1-9(10-4-3-5-11(16)6-10)19-14-8-15(20-2)12(17)7-13(14)18/h3-9,19H,18H2,1-2H3. The summed E-state index contributed by atoms with van der Waals surface area (Å²) in [6.45, 7) is 1.87. The van der Waals surface area contributed by atoms with Crippen molar-refractivity contribution in [3.8, 4) is 5.75 Å². The lowest BCUT2D eigenvalue weighted by Crippen LogP contribution is -2.09. The van der Waals surface area contributed by atoms with Crippen molar-refractivity contribution in [2.45, 2.75) is 13.0 Å². The second kappa shape index (κ2) is 5.77. The SMILES string of the molecule is COc1cc(NC(C)c2cccc(F)c2)c(N)cc1F. The average Bonchev–Trinajstić information content (AvgIpc) is 2.41. The number of hydrogen-bond acceptors (Lipinski definition) is 3. The summed E-state index contributed by atoms with van der Waals surface area (Å²) >= 11 is 0. The number of methoxy groups -OCH3 is 1. The van der Waals surface area contributed by atoms with Crippen molar-refractivity contribution >= 4 is 11.4 Å². The Morgan fingerprint density at radius 2 is 1.95 bits per heavy atom. The molecule has 0 aromatic heterocycles. The maximum Gasteiger partial charge on any atom is 0.167 e. The molecule has 0 fully saturated rings. The quantitative estimate of drug-likeness (QED) is 0.838. The van der Waals surface area contributed by atoms with Gasteiger partial charge in [-0.25, -0.2) is 8.78 Å². The molecule has 0 radical (unpaired) electrons. The third-order valence-electron chi connectivity index (χ3n) is 3.04. The van der Waals surface area contributed by atoms with Gasteiger partial charge in [-0.15, -0.1) is 0 Å². The normalized spacial score (nSPS) is 12.0. The van der Waals surface area contributed by atoms with Gasteiger partial charge in [0.15, 0.2) is 11.6 Å². The van der Waals surface area contributed by atoms with E-state index in [9.17, 15) is 8.78 Å². The Balaban J connectivity index is 2.25. The highest BCUT2D eigenvalue weighted by Gasteiger charge is 2.12. The van der Waals surface area contributed by atoms with E-state index >= 15 is 0 Å². The molecule has 1 unspecified atom stereocenters. The highest BCUT2D eigenvalue weighted by Crippen LogP contribution is 2.30. The van der Waals surface area contributed by atoms with Gasteiger partial charge in [0.2, 0.25) is 0 Å². The minimum atomic E-state index is -0.519. The molecule has 3 nitrogen and oxygen atoms in total. The van der Waals surface area contributed by atoms with Crippen molar-refractivity contribution < 1.29 is 13.5 Å². The fourth-order valence-electron chi connectivity index (χ4n) is 1.94. The van der Waals surface area contributed by atoms with Crippen molar-refractivity contribution in [2.75, 3.05) is 18.2 Å². The number of ether oxygens (including phenoxy) is 1. The molecule has 20 heavy (non-hydrogen) atoms. The van der Waals surface area contributed by atoms with Gasteiger partial charge < -0.3 is 15.8 Å². The number of benzene rings is 2. The highest BCUT2D eigenvalue weighted by atomic mass is 19.1. The van der Waals surface area contributed by atoms with Gasteiger partial charge in [0.05, 0.1) is 18.5 Å². The number of anilines is 2. The zero-order valence-electron chi connectivity index (χ0n) is 11.3. The average molecular weight is 278 g/mol. The second-order valence-electron chi connectivity index (χ2n) is 4.50. The van der Waals surface area contributed by atoms with Gasteiger partial charge in [-0.05, 0) is 24.6 Å². The minimum Gasteiger partial charge on any atom is -0.494 e. The number of nitrogen functional groups attached to an aromatic ring is 1. The molecule has 0 saturated heterocycles. The van der Waals surface area contributed by atoms with Crippen LogP contribution < -0.4 is 15.8 Å². The lowest BCUT2D eigenvalue weighted by atomic mass is 10.1. The molecule has 0 spiro atoms. The van der Waals surface area contributed by atoms with Gasteiger partial charge in [0.1, 0.15) is 5.82 Å². The Kier molecular flexibility index (Phi) is 4.08. The molecule has 5 heteroatoms. The van der Waals surface area contributed by atoms with Crippen molar-refractivity contribution in [3.05, 3.63) is 53.6 Å². The van der Waals surface area contributed by atoms with Crippen LogP contribution >= 0.6 is 0 Å². The smallest absolute Gasteiger partial charge is 0.167 e. The first-order valence-corrected chi connectivity index (χ1v) is 6.16. The van der Waals surface area contributed by atoms with E-state index in [0.717, 1.165) is 5.56 Å². The summed E-state index contributed by atoms with van der Waals surface area (Å²) in [7, 11) is 1.38. The Morgan fingerprint density at radius 1 is 1.20 bits per heavy atom. The Labute approximate surface area is 116 Å².